The van der Waals surface area contributed by atoms with Crippen LogP contribution in [0.1, 0.15) is 38.3 Å². The summed E-state index contributed by atoms with van der Waals surface area (Å²) in [5, 5.41) is 2.88. The third kappa shape index (κ3) is 3.54. The maximum atomic E-state index is 13.2. The monoisotopic (exact) mass is 370 g/mol. The van der Waals surface area contributed by atoms with Crippen LogP contribution in [0.5, 0.6) is 0 Å². The molecule has 1 aliphatic rings. The number of hydrogen-bond acceptors (Lipinski definition) is 2. The molecule has 3 aromatic rings. The van der Waals surface area contributed by atoms with Crippen LogP contribution in [0.2, 0.25) is 0 Å². The van der Waals surface area contributed by atoms with Crippen LogP contribution in [-0.4, -0.2) is 18.4 Å². The average molecular weight is 370 g/mol. The van der Waals surface area contributed by atoms with Crippen LogP contribution in [0.15, 0.2) is 72.8 Å². The first-order chi connectivity index (χ1) is 13.6. The van der Waals surface area contributed by atoms with E-state index >= 15 is 0 Å². The van der Waals surface area contributed by atoms with Crippen LogP contribution in [0.4, 0.5) is 11.4 Å². The van der Waals surface area contributed by atoms with E-state index in [0.717, 1.165) is 24.1 Å². The number of fused-ring (bicyclic) bond motifs is 1. The zero-order valence-electron chi connectivity index (χ0n) is 15.8. The minimum Gasteiger partial charge on any atom is -0.322 e. The summed E-state index contributed by atoms with van der Waals surface area (Å²) in [6, 6.07) is 22.4. The summed E-state index contributed by atoms with van der Waals surface area (Å²) < 4.78 is 0. The Bertz CT molecular complexity index is 1030. The van der Waals surface area contributed by atoms with Gasteiger partial charge in [0, 0.05) is 23.4 Å². The van der Waals surface area contributed by atoms with Crippen LogP contribution < -0.4 is 10.2 Å². The van der Waals surface area contributed by atoms with Crippen LogP contribution in [-0.2, 0) is 6.42 Å². The van der Waals surface area contributed by atoms with Gasteiger partial charge in [-0.25, -0.2) is 0 Å². The van der Waals surface area contributed by atoms with Gasteiger partial charge < -0.3 is 10.2 Å². The second-order valence-corrected chi connectivity index (χ2v) is 7.04. The highest BCUT2D eigenvalue weighted by Crippen LogP contribution is 2.31. The number of amides is 2. The second-order valence-electron chi connectivity index (χ2n) is 7.04. The fourth-order valence-electron chi connectivity index (χ4n) is 3.73. The number of rotatable bonds is 3. The summed E-state index contributed by atoms with van der Waals surface area (Å²) in [4.78, 5) is 27.5. The molecule has 0 saturated carbocycles. The van der Waals surface area contributed by atoms with E-state index in [0.29, 0.717) is 23.4 Å². The van der Waals surface area contributed by atoms with E-state index in [9.17, 15) is 9.59 Å². The normalized spacial score (nSPS) is 13.0. The molecule has 0 fully saturated rings. The number of aryl methyl sites for hydroxylation is 2. The zero-order chi connectivity index (χ0) is 19.5. The zero-order valence-corrected chi connectivity index (χ0v) is 15.8. The van der Waals surface area contributed by atoms with Crippen LogP contribution in [0.25, 0.3) is 0 Å². The van der Waals surface area contributed by atoms with Gasteiger partial charge in [-0.1, -0.05) is 42.5 Å². The first kappa shape index (κ1) is 18.0. The molecule has 0 unspecified atom stereocenters. The highest BCUT2D eigenvalue weighted by atomic mass is 16.2. The average Bonchev–Trinajstić information content (AvgIpc) is 2.74. The Morgan fingerprint density at radius 3 is 2.46 bits per heavy atom. The van der Waals surface area contributed by atoms with Crippen molar-refractivity contribution in [3.63, 3.8) is 0 Å². The first-order valence-corrected chi connectivity index (χ1v) is 9.50. The van der Waals surface area contributed by atoms with Crippen LogP contribution in [0.3, 0.4) is 0 Å². The Labute approximate surface area is 164 Å². The molecular formula is C24H22N2O2. The van der Waals surface area contributed by atoms with Crippen molar-refractivity contribution < 1.29 is 9.59 Å². The molecule has 4 heteroatoms. The van der Waals surface area contributed by atoms with Gasteiger partial charge in [-0.2, -0.15) is 0 Å². The fraction of sp³-hybridized carbons (Fsp3) is 0.167. The van der Waals surface area contributed by atoms with Crippen LogP contribution >= 0.6 is 0 Å². The lowest BCUT2D eigenvalue weighted by Crippen LogP contribution is -2.36. The van der Waals surface area contributed by atoms with Crippen molar-refractivity contribution in [3.05, 3.63) is 95.1 Å². The van der Waals surface area contributed by atoms with E-state index in [2.05, 4.69) is 11.4 Å². The number of carbonyl (C=O) groups excluding carboxylic acids is 2. The van der Waals surface area contributed by atoms with E-state index in [-0.39, 0.29) is 11.8 Å². The van der Waals surface area contributed by atoms with Crippen molar-refractivity contribution >= 4 is 23.2 Å². The van der Waals surface area contributed by atoms with Gasteiger partial charge in [-0.3, -0.25) is 9.59 Å². The Morgan fingerprint density at radius 1 is 0.893 bits per heavy atom. The molecule has 0 saturated heterocycles. The van der Waals surface area contributed by atoms with Crippen molar-refractivity contribution in [1.82, 2.24) is 0 Å². The first-order valence-electron chi connectivity index (χ1n) is 9.50. The number of hydrogen-bond donors (Lipinski definition) is 1. The van der Waals surface area contributed by atoms with E-state index in [1.165, 1.54) is 5.56 Å². The summed E-state index contributed by atoms with van der Waals surface area (Å²) in [6.45, 7) is 2.75. The summed E-state index contributed by atoms with van der Waals surface area (Å²) in [7, 11) is 0. The molecule has 1 heterocycles. The van der Waals surface area contributed by atoms with E-state index < -0.39 is 0 Å². The molecule has 0 atom stereocenters. The van der Waals surface area contributed by atoms with Crippen molar-refractivity contribution in [2.75, 3.05) is 16.8 Å². The van der Waals surface area contributed by atoms with Crippen molar-refractivity contribution in [2.45, 2.75) is 19.8 Å². The Hall–Kier alpha value is -3.40. The van der Waals surface area contributed by atoms with Gasteiger partial charge in [-0.05, 0) is 61.2 Å². The van der Waals surface area contributed by atoms with Gasteiger partial charge in [0.05, 0.1) is 5.69 Å². The highest BCUT2D eigenvalue weighted by Gasteiger charge is 2.25. The molecule has 28 heavy (non-hydrogen) atoms. The highest BCUT2D eigenvalue weighted by molar-refractivity contribution is 6.09. The van der Waals surface area contributed by atoms with Crippen molar-refractivity contribution in [2.24, 2.45) is 0 Å². The largest absolute Gasteiger partial charge is 0.322 e. The Morgan fingerprint density at radius 2 is 1.64 bits per heavy atom. The maximum absolute atomic E-state index is 13.2. The molecular weight excluding hydrogens is 348 g/mol. The second kappa shape index (κ2) is 7.69. The molecule has 0 spiro atoms. The lowest BCUT2D eigenvalue weighted by atomic mass is 9.97. The molecule has 0 aromatic heterocycles. The summed E-state index contributed by atoms with van der Waals surface area (Å²) >= 11 is 0. The maximum Gasteiger partial charge on any atom is 0.258 e. The Balaban J connectivity index is 1.59. The number of benzene rings is 3. The summed E-state index contributed by atoms with van der Waals surface area (Å²) in [6.07, 6.45) is 1.95. The van der Waals surface area contributed by atoms with Crippen LogP contribution in [0, 0.1) is 6.92 Å². The Kier molecular flexibility index (Phi) is 4.94. The van der Waals surface area contributed by atoms with Gasteiger partial charge in [-0.15, -0.1) is 0 Å². The van der Waals surface area contributed by atoms with E-state index in [1.807, 2.05) is 42.2 Å². The molecule has 1 aliphatic heterocycles. The van der Waals surface area contributed by atoms with E-state index in [4.69, 9.17) is 0 Å². The van der Waals surface area contributed by atoms with Gasteiger partial charge in [0.25, 0.3) is 11.8 Å². The molecule has 1 N–H and O–H groups in total. The third-order valence-electron chi connectivity index (χ3n) is 5.07. The van der Waals surface area contributed by atoms with Gasteiger partial charge >= 0.3 is 0 Å². The molecule has 4 rings (SSSR count). The lowest BCUT2D eigenvalue weighted by Gasteiger charge is -2.31. The quantitative estimate of drug-likeness (QED) is 0.717. The molecule has 3 aromatic carbocycles. The minimum absolute atomic E-state index is 0.0361. The SMILES string of the molecule is Cc1cccc2c1N(C(=O)c1cccc(NC(=O)c3ccccc3)c1)CCC2. The number of nitrogens with one attached hydrogen (secondary N) is 1. The van der Waals surface area contributed by atoms with Crippen molar-refractivity contribution in [3.8, 4) is 0 Å². The van der Waals surface area contributed by atoms with Gasteiger partial charge in [0.15, 0.2) is 0 Å². The van der Waals surface area contributed by atoms with E-state index in [1.54, 1.807) is 36.4 Å². The predicted molar refractivity (Wildman–Crippen MR) is 112 cm³/mol. The van der Waals surface area contributed by atoms with Crippen molar-refractivity contribution in [1.29, 1.82) is 0 Å². The third-order valence-corrected chi connectivity index (χ3v) is 5.07. The molecule has 0 radical (unpaired) electrons. The topological polar surface area (TPSA) is 49.4 Å². The molecule has 0 aliphatic carbocycles. The minimum atomic E-state index is -0.190. The molecule has 4 nitrogen and oxygen atoms in total. The van der Waals surface area contributed by atoms with Gasteiger partial charge in [0.2, 0.25) is 0 Å². The number of nitrogens with zero attached hydrogens (tertiary/aromatic N) is 1. The molecule has 140 valence electrons. The summed E-state index contributed by atoms with van der Waals surface area (Å²) in [5.74, 6) is -0.226. The fourth-order valence-corrected chi connectivity index (χ4v) is 3.73. The number of para-hydroxylation sites is 1. The molecule has 0 bridgehead atoms. The number of carbonyl (C=O) groups is 2. The lowest BCUT2D eigenvalue weighted by molar-refractivity contribution is 0.0982. The standard InChI is InChI=1S/C24H22N2O2/c1-17-8-5-11-18-13-7-15-26(22(17)18)24(28)20-12-6-14-21(16-20)25-23(27)19-9-3-2-4-10-19/h2-6,8-12,14,16H,7,13,15H2,1H3,(H,25,27). The summed E-state index contributed by atoms with van der Waals surface area (Å²) in [5.41, 5.74) is 5.12. The predicted octanol–water partition coefficient (Wildman–Crippen LogP) is 4.84. The number of anilines is 2. The smallest absolute Gasteiger partial charge is 0.258 e. The van der Waals surface area contributed by atoms with Gasteiger partial charge in [0.1, 0.15) is 0 Å². The molecule has 2 amide bonds.